The smallest absolute Gasteiger partial charge is 0.213 e. The van der Waals surface area contributed by atoms with E-state index in [2.05, 4.69) is 91.4 Å². The molecule has 28 heavy (non-hydrogen) atoms. The molecule has 154 valence electrons. The third-order valence-electron chi connectivity index (χ3n) is 4.79. The van der Waals surface area contributed by atoms with Crippen molar-refractivity contribution < 1.29 is 4.42 Å². The van der Waals surface area contributed by atoms with Crippen LogP contribution in [0.25, 0.3) is 0 Å². The third-order valence-corrected chi connectivity index (χ3v) is 4.79. The lowest BCUT2D eigenvalue weighted by Crippen LogP contribution is -2.36. The number of hydrogen-bond donors (Lipinski definition) is 2. The maximum atomic E-state index is 5.83. The minimum absolute atomic E-state index is 0.0436. The average molecular weight is 386 g/mol. The topological polar surface area (TPSA) is 65.7 Å². The Labute approximate surface area is 169 Å². The second-order valence-electron chi connectivity index (χ2n) is 8.43. The summed E-state index contributed by atoms with van der Waals surface area (Å²) in [6.07, 6.45) is 1.80. The summed E-state index contributed by atoms with van der Waals surface area (Å²) in [4.78, 5) is 11.0. The first-order valence-electron chi connectivity index (χ1n) is 9.87. The second kappa shape index (κ2) is 9.73. The molecule has 0 bridgehead atoms. The number of nitrogens with one attached hydrogen (secondary N) is 2. The maximum absolute atomic E-state index is 5.83. The summed E-state index contributed by atoms with van der Waals surface area (Å²) in [6.45, 7) is 12.9. The van der Waals surface area contributed by atoms with Gasteiger partial charge in [0.15, 0.2) is 5.96 Å². The maximum Gasteiger partial charge on any atom is 0.213 e. The molecule has 0 saturated carbocycles. The number of aliphatic imine (C=N–C) groups is 1. The molecular weight excluding hydrogens is 350 g/mol. The molecule has 1 heterocycles. The lowest BCUT2D eigenvalue weighted by atomic mass is 9.94. The molecule has 2 aromatic rings. The van der Waals surface area contributed by atoms with E-state index in [1.807, 2.05) is 0 Å². The molecule has 0 spiro atoms. The van der Waals surface area contributed by atoms with E-state index in [0.717, 1.165) is 18.3 Å². The van der Waals surface area contributed by atoms with Gasteiger partial charge in [0.25, 0.3) is 0 Å². The van der Waals surface area contributed by atoms with Crippen LogP contribution in [0.1, 0.15) is 57.4 Å². The molecule has 2 N–H and O–H groups in total. The van der Waals surface area contributed by atoms with Crippen LogP contribution in [-0.4, -0.2) is 36.0 Å². The third kappa shape index (κ3) is 6.37. The minimum atomic E-state index is -0.0436. The van der Waals surface area contributed by atoms with E-state index in [1.54, 1.807) is 13.2 Å². The fraction of sp³-hybridized carbons (Fsp3) is 0.545. The van der Waals surface area contributed by atoms with Gasteiger partial charge in [-0.25, -0.2) is 4.98 Å². The molecule has 0 atom stereocenters. The lowest BCUT2D eigenvalue weighted by Gasteiger charge is -2.23. The molecule has 0 fully saturated rings. The van der Waals surface area contributed by atoms with Gasteiger partial charge in [0.2, 0.25) is 5.89 Å². The zero-order chi connectivity index (χ0) is 20.7. The predicted octanol–water partition coefficient (Wildman–Crippen LogP) is 3.68. The molecule has 0 unspecified atom stereocenters. The van der Waals surface area contributed by atoms with Crippen molar-refractivity contribution in [3.63, 3.8) is 0 Å². The Kier molecular flexibility index (Phi) is 7.63. The molecule has 0 aliphatic heterocycles. The summed E-state index contributed by atoms with van der Waals surface area (Å²) in [7, 11) is 3.92. The Bertz CT molecular complexity index is 773. The minimum Gasteiger partial charge on any atom is -0.443 e. The van der Waals surface area contributed by atoms with E-state index in [9.17, 15) is 0 Å². The molecule has 1 aromatic carbocycles. The monoisotopic (exact) mass is 385 g/mol. The van der Waals surface area contributed by atoms with Crippen molar-refractivity contribution in [2.75, 3.05) is 14.1 Å². The first-order valence-corrected chi connectivity index (χ1v) is 9.87. The summed E-state index contributed by atoms with van der Waals surface area (Å²) >= 11 is 0. The van der Waals surface area contributed by atoms with Gasteiger partial charge in [0, 0.05) is 31.6 Å². The number of benzene rings is 1. The highest BCUT2D eigenvalue weighted by Crippen LogP contribution is 2.22. The van der Waals surface area contributed by atoms with E-state index >= 15 is 0 Å². The number of aromatic nitrogens is 1. The van der Waals surface area contributed by atoms with Crippen LogP contribution >= 0.6 is 0 Å². The molecule has 0 aliphatic rings. The molecule has 6 nitrogen and oxygen atoms in total. The van der Waals surface area contributed by atoms with Crippen LogP contribution in [0.2, 0.25) is 0 Å². The normalized spacial score (nSPS) is 12.7. The molecule has 1 aromatic heterocycles. The van der Waals surface area contributed by atoms with E-state index < -0.39 is 0 Å². The fourth-order valence-corrected chi connectivity index (χ4v) is 2.63. The van der Waals surface area contributed by atoms with Crippen LogP contribution in [0.15, 0.2) is 39.9 Å². The van der Waals surface area contributed by atoms with Gasteiger partial charge in [0.1, 0.15) is 5.76 Å². The van der Waals surface area contributed by atoms with Gasteiger partial charge >= 0.3 is 0 Å². The van der Waals surface area contributed by atoms with E-state index in [1.165, 1.54) is 11.1 Å². The Hall–Kier alpha value is -2.34. The number of hydrogen-bond acceptors (Lipinski definition) is 4. The highest BCUT2D eigenvalue weighted by atomic mass is 16.4. The Morgan fingerprint density at radius 2 is 1.79 bits per heavy atom. The number of rotatable bonds is 7. The molecule has 6 heteroatoms. The summed E-state index contributed by atoms with van der Waals surface area (Å²) in [5.74, 6) is 2.27. The number of oxazole rings is 1. The van der Waals surface area contributed by atoms with Crippen molar-refractivity contribution in [2.24, 2.45) is 4.99 Å². The second-order valence-corrected chi connectivity index (χ2v) is 8.43. The summed E-state index contributed by atoms with van der Waals surface area (Å²) < 4.78 is 5.83. The Morgan fingerprint density at radius 3 is 2.36 bits per heavy atom. The standard InChI is InChI=1S/C22H35N5O/c1-16(2)27(7)15-18-11-9-8-10-17(18)12-25-21(23-6)26-14-20-24-13-19(28-20)22(3,4)5/h8-11,13,16H,12,14-15H2,1-7H3,(H2,23,25,26). The lowest BCUT2D eigenvalue weighted by molar-refractivity contribution is 0.265. The van der Waals surface area contributed by atoms with Crippen molar-refractivity contribution in [1.82, 2.24) is 20.5 Å². The molecule has 2 rings (SSSR count). The van der Waals surface area contributed by atoms with E-state index in [4.69, 9.17) is 4.42 Å². The molecule has 0 saturated heterocycles. The molecule has 0 aliphatic carbocycles. The predicted molar refractivity (Wildman–Crippen MR) is 115 cm³/mol. The van der Waals surface area contributed by atoms with Crippen molar-refractivity contribution in [3.05, 3.63) is 53.2 Å². The van der Waals surface area contributed by atoms with Gasteiger partial charge in [-0.15, -0.1) is 0 Å². The quantitative estimate of drug-likeness (QED) is 0.562. The SMILES string of the molecule is CN=C(NCc1ncc(C(C)(C)C)o1)NCc1ccccc1CN(C)C(C)C. The zero-order valence-electron chi connectivity index (χ0n) is 18.3. The van der Waals surface area contributed by atoms with E-state index in [-0.39, 0.29) is 5.41 Å². The van der Waals surface area contributed by atoms with Crippen LogP contribution in [0.4, 0.5) is 0 Å². The average Bonchev–Trinajstić information content (AvgIpc) is 3.12. The van der Waals surface area contributed by atoms with Crippen molar-refractivity contribution in [1.29, 1.82) is 0 Å². The Morgan fingerprint density at radius 1 is 1.14 bits per heavy atom. The summed E-state index contributed by atoms with van der Waals surface area (Å²) in [5, 5.41) is 6.66. The van der Waals surface area contributed by atoms with Crippen molar-refractivity contribution in [2.45, 2.75) is 65.7 Å². The fourth-order valence-electron chi connectivity index (χ4n) is 2.63. The van der Waals surface area contributed by atoms with Gasteiger partial charge in [-0.3, -0.25) is 9.89 Å². The van der Waals surface area contributed by atoms with Gasteiger partial charge in [-0.2, -0.15) is 0 Å². The van der Waals surface area contributed by atoms with Crippen LogP contribution in [0, 0.1) is 0 Å². The molecule has 0 radical (unpaired) electrons. The van der Waals surface area contributed by atoms with Gasteiger partial charge in [-0.1, -0.05) is 45.0 Å². The Balaban J connectivity index is 1.93. The van der Waals surface area contributed by atoms with Gasteiger partial charge in [0.05, 0.1) is 12.7 Å². The molecular formula is C22H35N5O. The highest BCUT2D eigenvalue weighted by molar-refractivity contribution is 5.79. The van der Waals surface area contributed by atoms with E-state index in [0.29, 0.717) is 25.0 Å². The van der Waals surface area contributed by atoms with Crippen molar-refractivity contribution in [3.8, 4) is 0 Å². The number of nitrogens with zero attached hydrogens (tertiary/aromatic N) is 3. The van der Waals surface area contributed by atoms with Crippen LogP contribution in [0.5, 0.6) is 0 Å². The van der Waals surface area contributed by atoms with Crippen LogP contribution in [-0.2, 0) is 25.0 Å². The summed E-state index contributed by atoms with van der Waals surface area (Å²) in [5.41, 5.74) is 2.55. The van der Waals surface area contributed by atoms with Crippen LogP contribution in [0.3, 0.4) is 0 Å². The highest BCUT2D eigenvalue weighted by Gasteiger charge is 2.19. The van der Waals surface area contributed by atoms with Crippen molar-refractivity contribution >= 4 is 5.96 Å². The van der Waals surface area contributed by atoms with Crippen LogP contribution < -0.4 is 10.6 Å². The van der Waals surface area contributed by atoms with Gasteiger partial charge in [-0.05, 0) is 32.0 Å². The molecule has 0 amide bonds. The zero-order valence-corrected chi connectivity index (χ0v) is 18.3. The first kappa shape index (κ1) is 22.0. The largest absolute Gasteiger partial charge is 0.443 e. The first-order chi connectivity index (χ1) is 13.2. The number of guanidine groups is 1. The summed E-state index contributed by atoms with van der Waals surface area (Å²) in [6, 6.07) is 9.03. The van der Waals surface area contributed by atoms with Gasteiger partial charge < -0.3 is 15.1 Å².